The molecule has 8 heteroatoms. The molecule has 0 aliphatic heterocycles. The molecule has 0 saturated heterocycles. The lowest BCUT2D eigenvalue weighted by Gasteiger charge is -2.24. The summed E-state index contributed by atoms with van der Waals surface area (Å²) in [4.78, 5) is 16.7. The number of pyridine rings is 1. The molecule has 1 N–H and O–H groups in total. The van der Waals surface area contributed by atoms with Crippen LogP contribution in [0.15, 0.2) is 89.0 Å². The molecule has 0 spiro atoms. The molecule has 3 aromatic rings. The molecule has 0 atom stereocenters. The summed E-state index contributed by atoms with van der Waals surface area (Å²) < 4.78 is 27.6. The standard InChI is InChI=1S/C23H24N4O3S/c1-18(2)19-11-13-21(14-12-19)27(31(29,30)22-9-4-3-5-10-22)17-23(28)26-25-16-20-8-6-7-15-24-20/h3-16,18H,17H2,1-2H3,(H,26,28)/b25-16-. The molecular formula is C23H24N4O3S. The van der Waals surface area contributed by atoms with E-state index >= 15 is 0 Å². The third kappa shape index (κ3) is 5.76. The van der Waals surface area contributed by atoms with Crippen molar-refractivity contribution in [1.29, 1.82) is 0 Å². The highest BCUT2D eigenvalue weighted by atomic mass is 32.2. The average Bonchev–Trinajstić information content (AvgIpc) is 2.79. The van der Waals surface area contributed by atoms with E-state index in [0.29, 0.717) is 17.3 Å². The highest BCUT2D eigenvalue weighted by Crippen LogP contribution is 2.25. The van der Waals surface area contributed by atoms with Crippen molar-refractivity contribution in [2.24, 2.45) is 5.10 Å². The van der Waals surface area contributed by atoms with E-state index in [1.54, 1.807) is 54.7 Å². The molecule has 1 heterocycles. The van der Waals surface area contributed by atoms with Gasteiger partial charge in [0.05, 0.1) is 22.5 Å². The average molecular weight is 437 g/mol. The molecule has 1 aromatic heterocycles. The summed E-state index contributed by atoms with van der Waals surface area (Å²) >= 11 is 0. The molecule has 0 aliphatic carbocycles. The van der Waals surface area contributed by atoms with Gasteiger partial charge in [-0.2, -0.15) is 5.10 Å². The topological polar surface area (TPSA) is 91.7 Å². The number of amides is 1. The Labute approximate surface area is 182 Å². The van der Waals surface area contributed by atoms with Crippen LogP contribution in [0.3, 0.4) is 0 Å². The molecule has 160 valence electrons. The Hall–Kier alpha value is -3.52. The van der Waals surface area contributed by atoms with Crippen LogP contribution in [0.5, 0.6) is 0 Å². The van der Waals surface area contributed by atoms with E-state index in [0.717, 1.165) is 9.87 Å². The third-order valence-electron chi connectivity index (χ3n) is 4.54. The molecule has 0 unspecified atom stereocenters. The van der Waals surface area contributed by atoms with Gasteiger partial charge in [0.2, 0.25) is 0 Å². The number of nitrogens with zero attached hydrogens (tertiary/aromatic N) is 3. The monoisotopic (exact) mass is 436 g/mol. The van der Waals surface area contributed by atoms with Crippen LogP contribution in [-0.2, 0) is 14.8 Å². The summed E-state index contributed by atoms with van der Waals surface area (Å²) in [7, 11) is -3.95. The SMILES string of the molecule is CC(C)c1ccc(N(CC(=O)N/N=C\c2ccccn2)S(=O)(=O)c2ccccc2)cc1. The Bertz CT molecular complexity index is 1130. The number of rotatable bonds is 8. The van der Waals surface area contributed by atoms with Crippen LogP contribution in [-0.4, -0.2) is 32.1 Å². The van der Waals surface area contributed by atoms with E-state index in [1.165, 1.54) is 18.3 Å². The van der Waals surface area contributed by atoms with E-state index in [9.17, 15) is 13.2 Å². The first-order valence-corrected chi connectivity index (χ1v) is 11.2. The lowest BCUT2D eigenvalue weighted by molar-refractivity contribution is -0.119. The van der Waals surface area contributed by atoms with E-state index in [1.807, 2.05) is 12.1 Å². The van der Waals surface area contributed by atoms with E-state index in [2.05, 4.69) is 29.4 Å². The zero-order valence-corrected chi connectivity index (χ0v) is 18.2. The van der Waals surface area contributed by atoms with Crippen LogP contribution in [0.25, 0.3) is 0 Å². The minimum atomic E-state index is -3.95. The van der Waals surface area contributed by atoms with Gasteiger partial charge >= 0.3 is 0 Å². The summed E-state index contributed by atoms with van der Waals surface area (Å²) in [6, 6.07) is 20.5. The number of nitrogens with one attached hydrogen (secondary N) is 1. The number of carbonyl (C=O) groups is 1. The maximum absolute atomic E-state index is 13.3. The first kappa shape index (κ1) is 22.2. The van der Waals surface area contributed by atoms with Crippen LogP contribution in [0.1, 0.15) is 31.0 Å². The number of sulfonamides is 1. The Kier molecular flexibility index (Phi) is 7.15. The van der Waals surface area contributed by atoms with Gasteiger partial charge < -0.3 is 0 Å². The van der Waals surface area contributed by atoms with Gasteiger partial charge in [-0.3, -0.25) is 14.1 Å². The molecule has 3 rings (SSSR count). The van der Waals surface area contributed by atoms with Crippen molar-refractivity contribution in [3.63, 3.8) is 0 Å². The van der Waals surface area contributed by atoms with Gasteiger partial charge in [0.15, 0.2) is 0 Å². The molecule has 7 nitrogen and oxygen atoms in total. The van der Waals surface area contributed by atoms with E-state index < -0.39 is 22.5 Å². The van der Waals surface area contributed by atoms with Gasteiger partial charge in [-0.1, -0.05) is 50.2 Å². The molecule has 2 aromatic carbocycles. The van der Waals surface area contributed by atoms with Gasteiger partial charge in [0, 0.05) is 6.20 Å². The maximum Gasteiger partial charge on any atom is 0.264 e. The van der Waals surface area contributed by atoms with Crippen molar-refractivity contribution in [2.75, 3.05) is 10.8 Å². The lowest BCUT2D eigenvalue weighted by atomic mass is 10.0. The smallest absolute Gasteiger partial charge is 0.264 e. The number of benzene rings is 2. The van der Waals surface area contributed by atoms with Gasteiger partial charge in [0.25, 0.3) is 15.9 Å². The summed E-state index contributed by atoms with van der Waals surface area (Å²) in [6.45, 7) is 3.69. The molecule has 0 radical (unpaired) electrons. The first-order valence-electron chi connectivity index (χ1n) is 9.78. The summed E-state index contributed by atoms with van der Waals surface area (Å²) in [5.74, 6) is -0.267. The van der Waals surface area contributed by atoms with E-state index in [4.69, 9.17) is 0 Å². The second-order valence-electron chi connectivity index (χ2n) is 7.12. The van der Waals surface area contributed by atoms with Crippen molar-refractivity contribution < 1.29 is 13.2 Å². The van der Waals surface area contributed by atoms with Gasteiger partial charge in [-0.05, 0) is 47.9 Å². The summed E-state index contributed by atoms with van der Waals surface area (Å²) in [6.07, 6.45) is 3.00. The van der Waals surface area contributed by atoms with Crippen LogP contribution < -0.4 is 9.73 Å². The Morgan fingerprint density at radius 1 is 1.03 bits per heavy atom. The van der Waals surface area contributed by atoms with Crippen molar-refractivity contribution in [3.8, 4) is 0 Å². The third-order valence-corrected chi connectivity index (χ3v) is 6.33. The largest absolute Gasteiger partial charge is 0.271 e. The molecule has 31 heavy (non-hydrogen) atoms. The zero-order valence-electron chi connectivity index (χ0n) is 17.3. The predicted octanol–water partition coefficient (Wildman–Crippen LogP) is 3.55. The minimum absolute atomic E-state index is 0.104. The second-order valence-corrected chi connectivity index (χ2v) is 8.98. The number of hydrogen-bond donors (Lipinski definition) is 1. The fourth-order valence-corrected chi connectivity index (χ4v) is 4.29. The normalized spacial score (nSPS) is 11.6. The maximum atomic E-state index is 13.3. The van der Waals surface area contributed by atoms with Crippen molar-refractivity contribution in [1.82, 2.24) is 10.4 Å². The second kappa shape index (κ2) is 9.99. The number of hydrazone groups is 1. The van der Waals surface area contributed by atoms with Crippen molar-refractivity contribution in [3.05, 3.63) is 90.3 Å². The molecule has 1 amide bonds. The number of anilines is 1. The van der Waals surface area contributed by atoms with Crippen LogP contribution in [0.4, 0.5) is 5.69 Å². The molecule has 0 fully saturated rings. The van der Waals surface area contributed by atoms with Crippen molar-refractivity contribution in [2.45, 2.75) is 24.7 Å². The highest BCUT2D eigenvalue weighted by molar-refractivity contribution is 7.92. The fourth-order valence-electron chi connectivity index (χ4n) is 2.85. The quantitative estimate of drug-likeness (QED) is 0.432. The van der Waals surface area contributed by atoms with Gasteiger partial charge in [0.1, 0.15) is 6.54 Å². The van der Waals surface area contributed by atoms with Crippen LogP contribution in [0, 0.1) is 0 Å². The molecule has 0 aliphatic rings. The number of hydrogen-bond acceptors (Lipinski definition) is 5. The number of carbonyl (C=O) groups excluding carboxylic acids is 1. The van der Waals surface area contributed by atoms with Crippen LogP contribution in [0.2, 0.25) is 0 Å². The minimum Gasteiger partial charge on any atom is -0.271 e. The molecule has 0 saturated carbocycles. The van der Waals surface area contributed by atoms with Gasteiger partial charge in [-0.15, -0.1) is 0 Å². The Morgan fingerprint density at radius 3 is 2.32 bits per heavy atom. The Morgan fingerprint density at radius 2 is 1.71 bits per heavy atom. The fraction of sp³-hybridized carbons (Fsp3) is 0.174. The summed E-state index contributed by atoms with van der Waals surface area (Å²) in [5, 5.41) is 3.87. The van der Waals surface area contributed by atoms with Gasteiger partial charge in [-0.25, -0.2) is 13.8 Å². The number of aromatic nitrogens is 1. The highest BCUT2D eigenvalue weighted by Gasteiger charge is 2.27. The molecular weight excluding hydrogens is 412 g/mol. The Balaban J connectivity index is 1.85. The lowest BCUT2D eigenvalue weighted by Crippen LogP contribution is -2.39. The summed E-state index contributed by atoms with van der Waals surface area (Å²) in [5.41, 5.74) is 4.41. The first-order chi connectivity index (χ1) is 14.9. The molecule has 0 bridgehead atoms. The zero-order chi connectivity index (χ0) is 22.3. The van der Waals surface area contributed by atoms with Crippen LogP contribution >= 0.6 is 0 Å². The van der Waals surface area contributed by atoms with Crippen molar-refractivity contribution >= 4 is 27.8 Å². The predicted molar refractivity (Wildman–Crippen MR) is 121 cm³/mol. The van der Waals surface area contributed by atoms with E-state index in [-0.39, 0.29) is 4.90 Å².